The van der Waals surface area contributed by atoms with Crippen molar-refractivity contribution in [3.05, 3.63) is 58.1 Å². The van der Waals surface area contributed by atoms with Crippen molar-refractivity contribution in [1.29, 1.82) is 0 Å². The van der Waals surface area contributed by atoms with Crippen molar-refractivity contribution in [3.8, 4) is 5.75 Å². The number of anilines is 1. The first-order chi connectivity index (χ1) is 12.9. The number of amides is 1. The maximum absolute atomic E-state index is 12.6. The van der Waals surface area contributed by atoms with Crippen LogP contribution in [0.1, 0.15) is 36.9 Å². The van der Waals surface area contributed by atoms with E-state index in [1.54, 1.807) is 12.1 Å². The van der Waals surface area contributed by atoms with Crippen LogP contribution in [0.5, 0.6) is 5.75 Å². The van der Waals surface area contributed by atoms with Gasteiger partial charge in [0.15, 0.2) is 0 Å². The van der Waals surface area contributed by atoms with Crippen molar-refractivity contribution in [2.24, 2.45) is 5.92 Å². The van der Waals surface area contributed by atoms with Crippen LogP contribution in [0.2, 0.25) is 0 Å². The van der Waals surface area contributed by atoms with Crippen molar-refractivity contribution in [1.82, 2.24) is 5.32 Å². The molecule has 0 aromatic heterocycles. The fourth-order valence-electron chi connectivity index (χ4n) is 2.72. The lowest BCUT2D eigenvalue weighted by atomic mass is 10.1. The minimum Gasteiger partial charge on any atom is -0.434 e. The molecule has 1 fully saturated rings. The molecule has 0 aliphatic heterocycles. The molecule has 3 rings (SSSR count). The van der Waals surface area contributed by atoms with Crippen LogP contribution in [0.3, 0.4) is 0 Å². The Bertz CT molecular complexity index is 795. The number of nitrogens with one attached hydrogen (secondary N) is 2. The highest BCUT2D eigenvalue weighted by Crippen LogP contribution is 2.30. The summed E-state index contributed by atoms with van der Waals surface area (Å²) in [5.74, 6) is 0.404. The van der Waals surface area contributed by atoms with Gasteiger partial charge in [0, 0.05) is 34.2 Å². The van der Waals surface area contributed by atoms with E-state index in [-0.39, 0.29) is 23.6 Å². The van der Waals surface area contributed by atoms with Crippen LogP contribution in [0.25, 0.3) is 0 Å². The van der Waals surface area contributed by atoms with E-state index in [1.165, 1.54) is 6.07 Å². The van der Waals surface area contributed by atoms with Gasteiger partial charge in [-0.2, -0.15) is 8.78 Å². The molecule has 1 atom stereocenters. The van der Waals surface area contributed by atoms with Gasteiger partial charge in [-0.3, -0.25) is 4.79 Å². The van der Waals surface area contributed by atoms with Gasteiger partial charge in [0.2, 0.25) is 5.91 Å². The van der Waals surface area contributed by atoms with Gasteiger partial charge < -0.3 is 15.4 Å². The Morgan fingerprint density at radius 3 is 2.56 bits per heavy atom. The predicted octanol–water partition coefficient (Wildman–Crippen LogP) is 5.25. The van der Waals surface area contributed by atoms with Gasteiger partial charge in [0.1, 0.15) is 5.75 Å². The first-order valence-electron chi connectivity index (χ1n) is 8.80. The summed E-state index contributed by atoms with van der Waals surface area (Å²) in [6.45, 7) is -0.493. The van der Waals surface area contributed by atoms with E-state index >= 15 is 0 Å². The molecule has 4 nitrogen and oxygen atoms in total. The van der Waals surface area contributed by atoms with E-state index in [2.05, 4.69) is 31.3 Å². The van der Waals surface area contributed by atoms with Crippen LogP contribution in [-0.2, 0) is 11.3 Å². The summed E-state index contributed by atoms with van der Waals surface area (Å²) in [4.78, 5) is 11.8. The second-order valence-electron chi connectivity index (χ2n) is 6.62. The third-order valence-electron chi connectivity index (χ3n) is 4.46. The van der Waals surface area contributed by atoms with Crippen LogP contribution >= 0.6 is 15.9 Å². The number of ether oxygens (including phenoxy) is 1. The van der Waals surface area contributed by atoms with Crippen LogP contribution < -0.4 is 15.4 Å². The molecule has 2 aromatic rings. The lowest BCUT2D eigenvalue weighted by Crippen LogP contribution is -2.19. The minimum absolute atomic E-state index is 0.00318. The summed E-state index contributed by atoms with van der Waals surface area (Å²) < 4.78 is 30.5. The first kappa shape index (κ1) is 19.8. The number of halogens is 3. The molecule has 1 unspecified atom stereocenters. The number of alkyl halides is 2. The second kappa shape index (κ2) is 8.80. The van der Waals surface area contributed by atoms with Crippen LogP contribution in [0.4, 0.5) is 14.5 Å². The zero-order valence-corrected chi connectivity index (χ0v) is 16.4. The molecule has 2 N–H and O–H groups in total. The highest BCUT2D eigenvalue weighted by atomic mass is 79.9. The molecular weight excluding hydrogens is 418 g/mol. The largest absolute Gasteiger partial charge is 0.434 e. The van der Waals surface area contributed by atoms with Gasteiger partial charge in [-0.25, -0.2) is 0 Å². The number of carbonyl (C=O) groups is 1. The molecule has 0 saturated heterocycles. The van der Waals surface area contributed by atoms with Gasteiger partial charge in [0.05, 0.1) is 0 Å². The van der Waals surface area contributed by atoms with Crippen LogP contribution in [0, 0.1) is 5.92 Å². The molecule has 0 radical (unpaired) electrons. The summed E-state index contributed by atoms with van der Waals surface area (Å²) in [6.07, 6.45) is 1.94. The molecule has 1 aliphatic rings. The van der Waals surface area contributed by atoms with E-state index in [0.717, 1.165) is 28.6 Å². The third kappa shape index (κ3) is 5.74. The van der Waals surface area contributed by atoms with Gasteiger partial charge >= 0.3 is 6.61 Å². The Hall–Kier alpha value is -1.99. The third-order valence-corrected chi connectivity index (χ3v) is 4.96. The summed E-state index contributed by atoms with van der Waals surface area (Å²) in [7, 11) is 0. The quantitative estimate of drug-likeness (QED) is 0.591. The molecule has 1 amide bonds. The Balaban J connectivity index is 1.59. The maximum atomic E-state index is 12.6. The Morgan fingerprint density at radius 1 is 1.22 bits per heavy atom. The molecule has 1 saturated carbocycles. The summed E-state index contributed by atoms with van der Waals surface area (Å²) in [6, 6.07) is 12.6. The van der Waals surface area contributed by atoms with E-state index in [4.69, 9.17) is 0 Å². The van der Waals surface area contributed by atoms with Crippen LogP contribution in [0.15, 0.2) is 46.9 Å². The molecule has 0 spiro atoms. The normalized spacial score (nSPS) is 14.9. The predicted molar refractivity (Wildman–Crippen MR) is 104 cm³/mol. The number of hydrogen-bond acceptors (Lipinski definition) is 3. The highest BCUT2D eigenvalue weighted by molar-refractivity contribution is 9.10. The second-order valence-corrected chi connectivity index (χ2v) is 7.53. The average Bonchev–Trinajstić information content (AvgIpc) is 3.47. The van der Waals surface area contributed by atoms with Crippen molar-refractivity contribution in [3.63, 3.8) is 0 Å². The zero-order chi connectivity index (χ0) is 19.4. The first-order valence-corrected chi connectivity index (χ1v) is 9.59. The molecule has 1 aliphatic carbocycles. The molecular formula is C20H21BrF2N2O2. The molecule has 7 heteroatoms. The summed E-state index contributed by atoms with van der Waals surface area (Å²) >= 11 is 3.35. The monoisotopic (exact) mass is 438 g/mol. The van der Waals surface area contributed by atoms with Gasteiger partial charge in [0.25, 0.3) is 0 Å². The lowest BCUT2D eigenvalue weighted by Gasteiger charge is -2.17. The topological polar surface area (TPSA) is 50.4 Å². The Morgan fingerprint density at radius 2 is 1.93 bits per heavy atom. The van der Waals surface area contributed by atoms with Crippen molar-refractivity contribution >= 4 is 27.5 Å². The number of hydrogen-bond donors (Lipinski definition) is 2. The highest BCUT2D eigenvalue weighted by Gasteiger charge is 2.29. The molecule has 2 aromatic carbocycles. The van der Waals surface area contributed by atoms with Crippen molar-refractivity contribution in [2.45, 2.75) is 39.0 Å². The number of carbonyl (C=O) groups excluding carboxylic acids is 1. The maximum Gasteiger partial charge on any atom is 0.387 e. The summed E-state index contributed by atoms with van der Waals surface area (Å²) in [5, 5.41) is 6.22. The minimum atomic E-state index is -2.86. The standard InChI is InChI=1S/C20H21BrF2N2O2/c1-12(13-4-7-17(8-5-13)25-19(26)14-2-3-14)24-11-15-10-16(21)6-9-18(15)27-20(22)23/h4-10,12,14,20,24H,2-3,11H2,1H3,(H,25,26). The molecule has 144 valence electrons. The summed E-state index contributed by atoms with van der Waals surface area (Å²) in [5.41, 5.74) is 2.46. The SMILES string of the molecule is CC(NCc1cc(Br)ccc1OC(F)F)c1ccc(NC(=O)C2CC2)cc1. The van der Waals surface area contributed by atoms with Gasteiger partial charge in [-0.05, 0) is 55.7 Å². The van der Waals surface area contributed by atoms with E-state index in [9.17, 15) is 13.6 Å². The average molecular weight is 439 g/mol. The number of benzene rings is 2. The lowest BCUT2D eigenvalue weighted by molar-refractivity contribution is -0.117. The molecule has 0 bridgehead atoms. The fourth-order valence-corrected chi connectivity index (χ4v) is 3.13. The van der Waals surface area contributed by atoms with E-state index < -0.39 is 6.61 Å². The van der Waals surface area contributed by atoms with Crippen molar-refractivity contribution < 1.29 is 18.3 Å². The molecule has 27 heavy (non-hydrogen) atoms. The van der Waals surface area contributed by atoms with E-state index in [1.807, 2.05) is 31.2 Å². The van der Waals surface area contributed by atoms with Gasteiger partial charge in [-0.1, -0.05) is 28.1 Å². The Labute approximate surface area is 165 Å². The Kier molecular flexibility index (Phi) is 6.44. The smallest absolute Gasteiger partial charge is 0.387 e. The van der Waals surface area contributed by atoms with E-state index in [0.29, 0.717) is 12.1 Å². The number of rotatable bonds is 8. The van der Waals surface area contributed by atoms with Crippen molar-refractivity contribution in [2.75, 3.05) is 5.32 Å². The molecule has 0 heterocycles. The van der Waals surface area contributed by atoms with Crippen LogP contribution in [-0.4, -0.2) is 12.5 Å². The fraction of sp³-hybridized carbons (Fsp3) is 0.350. The zero-order valence-electron chi connectivity index (χ0n) is 14.8. The van der Waals surface area contributed by atoms with Gasteiger partial charge in [-0.15, -0.1) is 0 Å².